The first-order valence-electron chi connectivity index (χ1n) is 8.26. The molecule has 126 valence electrons. The van der Waals surface area contributed by atoms with Gasteiger partial charge < -0.3 is 14.2 Å². The first-order chi connectivity index (χ1) is 10.4. The average Bonchev–Trinajstić information content (AvgIpc) is 3.20. The molecule has 4 atom stereocenters. The molecule has 0 aromatic rings. The Bertz CT molecular complexity index is 393. The van der Waals surface area contributed by atoms with Crippen LogP contribution in [0.25, 0.3) is 0 Å². The van der Waals surface area contributed by atoms with Gasteiger partial charge in [-0.15, -0.1) is 0 Å². The van der Waals surface area contributed by atoms with Crippen LogP contribution in [-0.4, -0.2) is 37.9 Å². The molecule has 0 spiro atoms. The molecule has 0 aromatic carbocycles. The van der Waals surface area contributed by atoms with E-state index in [4.69, 9.17) is 14.2 Å². The van der Waals surface area contributed by atoms with Crippen molar-refractivity contribution in [1.82, 2.24) is 0 Å². The fourth-order valence-electron chi connectivity index (χ4n) is 3.57. The third-order valence-electron chi connectivity index (χ3n) is 4.57. The van der Waals surface area contributed by atoms with Crippen LogP contribution in [0.2, 0.25) is 0 Å². The van der Waals surface area contributed by atoms with Crippen LogP contribution in [0.4, 0.5) is 0 Å². The maximum atomic E-state index is 12.0. The Hall–Kier alpha value is -1.10. The van der Waals surface area contributed by atoms with E-state index < -0.39 is 0 Å². The van der Waals surface area contributed by atoms with E-state index in [0.717, 1.165) is 25.7 Å². The fourth-order valence-corrected chi connectivity index (χ4v) is 3.57. The summed E-state index contributed by atoms with van der Waals surface area (Å²) in [6.07, 6.45) is 5.35. The predicted molar refractivity (Wildman–Crippen MR) is 81.2 cm³/mol. The molecule has 1 saturated carbocycles. The molecule has 2 fully saturated rings. The topological polar surface area (TPSA) is 65.1 Å². The van der Waals surface area contributed by atoms with Crippen molar-refractivity contribution < 1.29 is 23.8 Å². The van der Waals surface area contributed by atoms with Gasteiger partial charge in [0.25, 0.3) is 6.47 Å². The summed E-state index contributed by atoms with van der Waals surface area (Å²) in [6, 6.07) is 0. The second-order valence-electron chi connectivity index (χ2n) is 7.65. The van der Waals surface area contributed by atoms with Crippen LogP contribution >= 0.6 is 0 Å². The zero-order valence-corrected chi connectivity index (χ0v) is 13.9. The van der Waals surface area contributed by atoms with Crippen LogP contribution in [0, 0.1) is 17.3 Å². The monoisotopic (exact) mass is 312 g/mol. The molecule has 1 aliphatic carbocycles. The molecule has 1 saturated heterocycles. The van der Waals surface area contributed by atoms with Crippen LogP contribution < -0.4 is 0 Å². The van der Waals surface area contributed by atoms with Crippen molar-refractivity contribution in [3.05, 3.63) is 0 Å². The molecule has 22 heavy (non-hydrogen) atoms. The van der Waals surface area contributed by atoms with E-state index in [-0.39, 0.29) is 17.3 Å². The van der Waals surface area contributed by atoms with E-state index in [9.17, 15) is 9.59 Å². The van der Waals surface area contributed by atoms with Gasteiger partial charge in [-0.1, -0.05) is 20.8 Å². The summed E-state index contributed by atoms with van der Waals surface area (Å²) in [5, 5.41) is 0. The lowest BCUT2D eigenvalue weighted by atomic mass is 9.81. The molecule has 0 N–H and O–H groups in total. The molecule has 5 heteroatoms. The molecule has 2 aliphatic rings. The summed E-state index contributed by atoms with van der Waals surface area (Å²) in [6.45, 7) is 7.50. The molecular weight excluding hydrogens is 284 g/mol. The van der Waals surface area contributed by atoms with Crippen molar-refractivity contribution in [3.8, 4) is 0 Å². The smallest absolute Gasteiger partial charge is 0.306 e. The highest BCUT2D eigenvalue weighted by molar-refractivity contribution is 5.70. The van der Waals surface area contributed by atoms with Gasteiger partial charge in [-0.3, -0.25) is 9.59 Å². The number of rotatable bonds is 9. The van der Waals surface area contributed by atoms with E-state index in [1.54, 1.807) is 0 Å². The zero-order chi connectivity index (χ0) is 16.2. The van der Waals surface area contributed by atoms with E-state index in [0.29, 0.717) is 44.2 Å². The predicted octanol–water partition coefficient (Wildman–Crippen LogP) is 2.71. The van der Waals surface area contributed by atoms with Crippen molar-refractivity contribution in [1.29, 1.82) is 0 Å². The Kier molecular flexibility index (Phi) is 5.84. The second kappa shape index (κ2) is 7.44. The molecule has 0 radical (unpaired) electrons. The summed E-state index contributed by atoms with van der Waals surface area (Å²) in [4.78, 5) is 22.3. The molecule has 0 amide bonds. The minimum absolute atomic E-state index is 0.132. The normalized spacial score (nSPS) is 28.4. The van der Waals surface area contributed by atoms with Gasteiger partial charge in [-0.05, 0) is 42.9 Å². The summed E-state index contributed by atoms with van der Waals surface area (Å²) in [7, 11) is 0. The molecule has 2 rings (SSSR count). The number of carbonyl (C=O) groups excluding carboxylic acids is 2. The maximum absolute atomic E-state index is 12.0. The number of hydrogen-bond donors (Lipinski definition) is 0. The van der Waals surface area contributed by atoms with Gasteiger partial charge in [-0.2, -0.15) is 0 Å². The summed E-state index contributed by atoms with van der Waals surface area (Å²) in [5.74, 6) is 0.554. The van der Waals surface area contributed by atoms with Crippen molar-refractivity contribution in [2.24, 2.45) is 17.3 Å². The van der Waals surface area contributed by atoms with Crippen molar-refractivity contribution in [3.63, 3.8) is 0 Å². The minimum Gasteiger partial charge on any atom is -0.468 e. The highest BCUT2D eigenvalue weighted by Crippen LogP contribution is 2.39. The number of ether oxygens (including phenoxy) is 3. The molecule has 0 aromatic heterocycles. The Morgan fingerprint density at radius 1 is 1.36 bits per heavy atom. The molecule has 4 unspecified atom stereocenters. The SMILES string of the molecule is CC(COC=O)CC(C)(C)CC(=O)OCC1CCC2OC2C1. The van der Waals surface area contributed by atoms with E-state index in [1.165, 1.54) is 0 Å². The molecule has 0 bridgehead atoms. The number of epoxide rings is 1. The quantitative estimate of drug-likeness (QED) is 0.372. The van der Waals surface area contributed by atoms with Gasteiger partial charge >= 0.3 is 5.97 Å². The third kappa shape index (κ3) is 5.59. The Balaban J connectivity index is 1.64. The number of hydrogen-bond acceptors (Lipinski definition) is 5. The first-order valence-corrected chi connectivity index (χ1v) is 8.26. The first kappa shape index (κ1) is 17.3. The van der Waals surface area contributed by atoms with Crippen LogP contribution in [0.1, 0.15) is 52.9 Å². The second-order valence-corrected chi connectivity index (χ2v) is 7.65. The van der Waals surface area contributed by atoms with Gasteiger partial charge in [0, 0.05) is 0 Å². The average molecular weight is 312 g/mol. The number of carbonyl (C=O) groups is 2. The lowest BCUT2D eigenvalue weighted by Crippen LogP contribution is -2.25. The van der Waals surface area contributed by atoms with Crippen LogP contribution in [0.3, 0.4) is 0 Å². The zero-order valence-electron chi connectivity index (χ0n) is 13.9. The third-order valence-corrected chi connectivity index (χ3v) is 4.57. The van der Waals surface area contributed by atoms with E-state index in [1.807, 2.05) is 6.92 Å². The largest absolute Gasteiger partial charge is 0.468 e. The van der Waals surface area contributed by atoms with Gasteiger partial charge in [0.1, 0.15) is 0 Å². The number of esters is 1. The highest BCUT2D eigenvalue weighted by atomic mass is 16.6. The molecule has 1 aliphatic heterocycles. The van der Waals surface area contributed by atoms with Crippen molar-refractivity contribution in [2.75, 3.05) is 13.2 Å². The fraction of sp³-hybridized carbons (Fsp3) is 0.882. The summed E-state index contributed by atoms with van der Waals surface area (Å²) < 4.78 is 15.7. The van der Waals surface area contributed by atoms with E-state index in [2.05, 4.69) is 13.8 Å². The standard InChI is InChI=1S/C17H28O5/c1-12(9-20-11-18)7-17(2,3)8-16(19)21-10-13-4-5-14-15(6-13)22-14/h11-15H,4-10H2,1-3H3. The van der Waals surface area contributed by atoms with Crippen LogP contribution in [0.15, 0.2) is 0 Å². The molecule has 5 nitrogen and oxygen atoms in total. The number of fused-ring (bicyclic) bond motifs is 1. The van der Waals surface area contributed by atoms with Gasteiger partial charge in [0.15, 0.2) is 0 Å². The minimum atomic E-state index is -0.153. The maximum Gasteiger partial charge on any atom is 0.306 e. The lowest BCUT2D eigenvalue weighted by molar-refractivity contribution is -0.148. The highest BCUT2D eigenvalue weighted by Gasteiger charge is 2.44. The summed E-state index contributed by atoms with van der Waals surface area (Å²) in [5.41, 5.74) is -0.153. The van der Waals surface area contributed by atoms with E-state index >= 15 is 0 Å². The van der Waals surface area contributed by atoms with Crippen molar-refractivity contribution in [2.45, 2.75) is 65.1 Å². The van der Waals surface area contributed by atoms with Crippen molar-refractivity contribution >= 4 is 12.4 Å². The molecule has 1 heterocycles. The molecular formula is C17H28O5. The Morgan fingerprint density at radius 2 is 2.14 bits per heavy atom. The van der Waals surface area contributed by atoms with Crippen LogP contribution in [0.5, 0.6) is 0 Å². The Labute approximate surface area is 132 Å². The van der Waals surface area contributed by atoms with Gasteiger partial charge in [0.05, 0.1) is 31.8 Å². The lowest BCUT2D eigenvalue weighted by Gasteiger charge is -2.27. The van der Waals surface area contributed by atoms with Crippen LogP contribution in [-0.2, 0) is 23.8 Å². The van der Waals surface area contributed by atoms with Gasteiger partial charge in [-0.25, -0.2) is 0 Å². The summed E-state index contributed by atoms with van der Waals surface area (Å²) >= 11 is 0. The van der Waals surface area contributed by atoms with Gasteiger partial charge in [0.2, 0.25) is 0 Å². The Morgan fingerprint density at radius 3 is 2.82 bits per heavy atom.